The van der Waals surface area contributed by atoms with Gasteiger partial charge in [0, 0.05) is 21.3 Å². The second-order valence-electron chi connectivity index (χ2n) is 4.28. The maximum atomic E-state index is 11.9. The highest BCUT2D eigenvalue weighted by Gasteiger charge is 2.17. The highest BCUT2D eigenvalue weighted by molar-refractivity contribution is 9.10. The Hall–Kier alpha value is -0.190. The molecule has 0 fully saturated rings. The Morgan fingerprint density at radius 3 is 2.71 bits per heavy atom. The molecule has 0 atom stereocenters. The normalized spacial score (nSPS) is 11.4. The molecule has 0 saturated heterocycles. The summed E-state index contributed by atoms with van der Waals surface area (Å²) in [6, 6.07) is 5.15. The summed E-state index contributed by atoms with van der Waals surface area (Å²) in [5.41, 5.74) is 0.609. The molecule has 5 heteroatoms. The third-order valence-electron chi connectivity index (χ3n) is 2.41. The first-order chi connectivity index (χ1) is 7.85. The molecule has 0 spiro atoms. The number of amides is 1. The van der Waals surface area contributed by atoms with Crippen LogP contribution >= 0.6 is 39.3 Å². The summed E-state index contributed by atoms with van der Waals surface area (Å²) in [6.45, 7) is 4.82. The zero-order chi connectivity index (χ0) is 13.1. The lowest BCUT2D eigenvalue weighted by atomic mass is 10.2. The van der Waals surface area contributed by atoms with Crippen molar-refractivity contribution >= 4 is 45.2 Å². The Morgan fingerprint density at radius 2 is 2.18 bits per heavy atom. The zero-order valence-corrected chi connectivity index (χ0v) is 13.2. The van der Waals surface area contributed by atoms with Gasteiger partial charge in [0.2, 0.25) is 0 Å². The van der Waals surface area contributed by atoms with Crippen molar-refractivity contribution in [1.82, 2.24) is 5.32 Å². The minimum absolute atomic E-state index is 0.0410. The summed E-state index contributed by atoms with van der Waals surface area (Å²) in [5.74, 6) is -0.0792. The minimum atomic E-state index is -0.0792. The third-order valence-corrected chi connectivity index (χ3v) is 4.87. The van der Waals surface area contributed by atoms with E-state index < -0.39 is 0 Å². The van der Waals surface area contributed by atoms with E-state index in [-0.39, 0.29) is 10.7 Å². The van der Waals surface area contributed by atoms with E-state index in [1.165, 1.54) is 0 Å². The van der Waals surface area contributed by atoms with E-state index in [0.29, 0.717) is 17.1 Å². The first-order valence-electron chi connectivity index (χ1n) is 5.14. The minimum Gasteiger partial charge on any atom is -0.351 e. The fraction of sp³-hybridized carbons (Fsp3) is 0.417. The highest BCUT2D eigenvalue weighted by Crippen LogP contribution is 2.23. The van der Waals surface area contributed by atoms with Gasteiger partial charge in [-0.3, -0.25) is 4.79 Å². The topological polar surface area (TPSA) is 29.1 Å². The number of nitrogens with one attached hydrogen (secondary N) is 1. The van der Waals surface area contributed by atoms with Crippen LogP contribution in [0.2, 0.25) is 5.02 Å². The molecule has 17 heavy (non-hydrogen) atoms. The lowest BCUT2D eigenvalue weighted by Gasteiger charge is -2.22. The molecule has 1 N–H and O–H groups in total. The van der Waals surface area contributed by atoms with Gasteiger partial charge >= 0.3 is 0 Å². The maximum absolute atomic E-state index is 11.9. The van der Waals surface area contributed by atoms with Crippen molar-refractivity contribution < 1.29 is 4.79 Å². The molecule has 0 bridgehead atoms. The number of carbonyl (C=O) groups excluding carboxylic acids is 1. The van der Waals surface area contributed by atoms with Crippen molar-refractivity contribution in [2.45, 2.75) is 18.6 Å². The van der Waals surface area contributed by atoms with E-state index in [1.807, 2.05) is 6.26 Å². The SMILES string of the molecule is CSC(C)(C)CNC(=O)c1ccc(Cl)c(Br)c1. The Balaban J connectivity index is 2.68. The molecular formula is C12H15BrClNOS. The molecule has 0 aliphatic rings. The Bertz CT molecular complexity index is 423. The van der Waals surface area contributed by atoms with Gasteiger partial charge in [-0.05, 0) is 54.2 Å². The van der Waals surface area contributed by atoms with Crippen LogP contribution in [0.3, 0.4) is 0 Å². The lowest BCUT2D eigenvalue weighted by molar-refractivity contribution is 0.0951. The molecular weight excluding hydrogens is 322 g/mol. The average Bonchev–Trinajstić information content (AvgIpc) is 2.30. The van der Waals surface area contributed by atoms with Crippen molar-refractivity contribution in [2.75, 3.05) is 12.8 Å². The number of thioether (sulfide) groups is 1. The van der Waals surface area contributed by atoms with Crippen LogP contribution in [0.4, 0.5) is 0 Å². The van der Waals surface area contributed by atoms with Crippen molar-refractivity contribution in [3.63, 3.8) is 0 Å². The number of hydrogen-bond donors (Lipinski definition) is 1. The number of benzene rings is 1. The Kier molecular flexibility index (Phi) is 5.35. The smallest absolute Gasteiger partial charge is 0.251 e. The first-order valence-corrected chi connectivity index (χ1v) is 7.54. The largest absolute Gasteiger partial charge is 0.351 e. The molecule has 0 aromatic heterocycles. The molecule has 0 unspecified atom stereocenters. The van der Waals surface area contributed by atoms with Crippen LogP contribution in [-0.4, -0.2) is 23.5 Å². The van der Waals surface area contributed by atoms with Crippen LogP contribution in [0.15, 0.2) is 22.7 Å². The second kappa shape index (κ2) is 6.12. The van der Waals surface area contributed by atoms with Crippen molar-refractivity contribution in [3.05, 3.63) is 33.3 Å². The maximum Gasteiger partial charge on any atom is 0.251 e. The standard InChI is InChI=1S/C12H15BrClNOS/c1-12(2,17-3)7-15-11(16)8-4-5-10(14)9(13)6-8/h4-6H,7H2,1-3H3,(H,15,16). The summed E-state index contributed by atoms with van der Waals surface area (Å²) in [7, 11) is 0. The third kappa shape index (κ3) is 4.53. The van der Waals surface area contributed by atoms with Gasteiger partial charge in [0.15, 0.2) is 0 Å². The van der Waals surface area contributed by atoms with Gasteiger partial charge in [0.05, 0.1) is 5.02 Å². The Labute approximate surface area is 120 Å². The van der Waals surface area contributed by atoms with E-state index in [2.05, 4.69) is 35.1 Å². The van der Waals surface area contributed by atoms with Crippen LogP contribution < -0.4 is 5.32 Å². The molecule has 0 aliphatic carbocycles. The summed E-state index contributed by atoms with van der Waals surface area (Å²) in [4.78, 5) is 11.9. The average molecular weight is 337 g/mol. The van der Waals surface area contributed by atoms with Gasteiger partial charge in [-0.15, -0.1) is 0 Å². The highest BCUT2D eigenvalue weighted by atomic mass is 79.9. The summed E-state index contributed by atoms with van der Waals surface area (Å²) < 4.78 is 0.773. The predicted molar refractivity (Wildman–Crippen MR) is 79.1 cm³/mol. The summed E-state index contributed by atoms with van der Waals surface area (Å²) in [5, 5.41) is 3.52. The molecule has 94 valence electrons. The Morgan fingerprint density at radius 1 is 1.53 bits per heavy atom. The van der Waals surface area contributed by atoms with Gasteiger partial charge in [-0.2, -0.15) is 11.8 Å². The number of halogens is 2. The molecule has 0 aliphatic heterocycles. The quantitative estimate of drug-likeness (QED) is 0.901. The second-order valence-corrected chi connectivity index (χ2v) is 7.05. The van der Waals surface area contributed by atoms with E-state index in [4.69, 9.17) is 11.6 Å². The monoisotopic (exact) mass is 335 g/mol. The van der Waals surface area contributed by atoms with Gasteiger partial charge in [-0.25, -0.2) is 0 Å². The van der Waals surface area contributed by atoms with Crippen LogP contribution in [0, 0.1) is 0 Å². The first kappa shape index (κ1) is 14.9. The molecule has 0 radical (unpaired) electrons. The van der Waals surface area contributed by atoms with Gasteiger partial charge in [-0.1, -0.05) is 11.6 Å². The van der Waals surface area contributed by atoms with Gasteiger partial charge in [0.25, 0.3) is 5.91 Å². The molecule has 2 nitrogen and oxygen atoms in total. The zero-order valence-electron chi connectivity index (χ0n) is 10.0. The summed E-state index contributed by atoms with van der Waals surface area (Å²) in [6.07, 6.45) is 2.03. The van der Waals surface area contributed by atoms with Crippen molar-refractivity contribution in [1.29, 1.82) is 0 Å². The molecule has 0 saturated carbocycles. The van der Waals surface area contributed by atoms with E-state index in [1.54, 1.807) is 30.0 Å². The van der Waals surface area contributed by atoms with Gasteiger partial charge in [0.1, 0.15) is 0 Å². The van der Waals surface area contributed by atoms with Crippen LogP contribution in [0.1, 0.15) is 24.2 Å². The number of carbonyl (C=O) groups is 1. The molecule has 1 aromatic carbocycles. The van der Waals surface area contributed by atoms with E-state index >= 15 is 0 Å². The summed E-state index contributed by atoms with van der Waals surface area (Å²) >= 11 is 10.9. The molecule has 1 aromatic rings. The number of hydrogen-bond acceptors (Lipinski definition) is 2. The fourth-order valence-electron chi connectivity index (χ4n) is 1.10. The molecule has 1 rings (SSSR count). The van der Waals surface area contributed by atoms with E-state index in [0.717, 1.165) is 4.47 Å². The van der Waals surface area contributed by atoms with Gasteiger partial charge < -0.3 is 5.32 Å². The van der Waals surface area contributed by atoms with Crippen molar-refractivity contribution in [2.24, 2.45) is 0 Å². The molecule has 0 heterocycles. The predicted octanol–water partition coefficient (Wildman–Crippen LogP) is 3.97. The van der Waals surface area contributed by atoms with Crippen LogP contribution in [0.25, 0.3) is 0 Å². The van der Waals surface area contributed by atoms with Crippen molar-refractivity contribution in [3.8, 4) is 0 Å². The molecule has 1 amide bonds. The van der Waals surface area contributed by atoms with Crippen LogP contribution in [0.5, 0.6) is 0 Å². The lowest BCUT2D eigenvalue weighted by Crippen LogP contribution is -2.36. The fourth-order valence-corrected chi connectivity index (χ4v) is 1.82. The van der Waals surface area contributed by atoms with E-state index in [9.17, 15) is 4.79 Å². The van der Waals surface area contributed by atoms with Crippen LogP contribution in [-0.2, 0) is 0 Å². The number of rotatable bonds is 4.